The zero-order valence-corrected chi connectivity index (χ0v) is 26.2. The van der Waals surface area contributed by atoms with Crippen LogP contribution in [-0.2, 0) is 26.2 Å². The minimum absolute atomic E-state index is 0.0372. The normalized spacial score (nSPS) is 12.1. The highest BCUT2D eigenvalue weighted by molar-refractivity contribution is 7.92. The molecular weight excluding hydrogens is 609 g/mol. The number of ether oxygens (including phenoxy) is 1. The monoisotopic (exact) mass is 639 g/mol. The second kappa shape index (κ2) is 14.3. The van der Waals surface area contributed by atoms with Crippen molar-refractivity contribution in [3.05, 3.63) is 87.4 Å². The van der Waals surface area contributed by atoms with Crippen LogP contribution < -0.4 is 14.4 Å². The number of amides is 2. The average molecular weight is 641 g/mol. The quantitative estimate of drug-likeness (QED) is 0.261. The Labute approximate surface area is 256 Å². The van der Waals surface area contributed by atoms with E-state index in [1.165, 1.54) is 42.3 Å². The predicted octanol–water partition coefficient (Wildman–Crippen LogP) is 6.04. The third kappa shape index (κ3) is 8.29. The fourth-order valence-corrected chi connectivity index (χ4v) is 6.03. The lowest BCUT2D eigenvalue weighted by Gasteiger charge is -2.32. The third-order valence-corrected chi connectivity index (χ3v) is 8.82. The van der Waals surface area contributed by atoms with E-state index in [1.54, 1.807) is 43.3 Å². The summed E-state index contributed by atoms with van der Waals surface area (Å²) in [5.74, 6) is -0.667. The SMILES string of the molecule is COc1ccc(Cl)cc1N(CC(=O)N(Cc1ccc(Cl)cc1Cl)[C@H](C)C(=O)NCC(C)C)S(=O)(=O)c1ccccc1. The second-order valence-electron chi connectivity index (χ2n) is 9.71. The van der Waals surface area contributed by atoms with E-state index in [4.69, 9.17) is 39.5 Å². The number of carbonyl (C=O) groups excluding carboxylic acids is 2. The van der Waals surface area contributed by atoms with Crippen LogP contribution in [0.5, 0.6) is 5.75 Å². The molecule has 3 aromatic carbocycles. The first-order chi connectivity index (χ1) is 19.3. The summed E-state index contributed by atoms with van der Waals surface area (Å²) in [6.45, 7) is 5.16. The Morgan fingerprint density at radius 1 is 0.927 bits per heavy atom. The molecule has 0 heterocycles. The molecule has 0 saturated carbocycles. The van der Waals surface area contributed by atoms with Gasteiger partial charge in [-0.3, -0.25) is 13.9 Å². The van der Waals surface area contributed by atoms with E-state index in [0.29, 0.717) is 22.2 Å². The van der Waals surface area contributed by atoms with E-state index in [0.717, 1.165) is 4.31 Å². The Hall–Kier alpha value is -2.98. The van der Waals surface area contributed by atoms with Crippen LogP contribution in [0.1, 0.15) is 26.3 Å². The molecule has 0 unspecified atom stereocenters. The lowest BCUT2D eigenvalue weighted by molar-refractivity contribution is -0.139. The lowest BCUT2D eigenvalue weighted by atomic mass is 10.1. The van der Waals surface area contributed by atoms with Crippen molar-refractivity contribution < 1.29 is 22.7 Å². The Morgan fingerprint density at radius 3 is 2.17 bits per heavy atom. The van der Waals surface area contributed by atoms with E-state index in [-0.39, 0.29) is 33.8 Å². The highest BCUT2D eigenvalue weighted by Crippen LogP contribution is 2.35. The van der Waals surface area contributed by atoms with Crippen molar-refractivity contribution in [3.63, 3.8) is 0 Å². The van der Waals surface area contributed by atoms with Crippen molar-refractivity contribution >= 4 is 62.3 Å². The van der Waals surface area contributed by atoms with Crippen LogP contribution in [0.15, 0.2) is 71.6 Å². The molecule has 3 rings (SSSR count). The first-order valence-corrected chi connectivity index (χ1v) is 15.3. The molecule has 0 saturated heterocycles. The molecule has 3 aromatic rings. The van der Waals surface area contributed by atoms with Crippen LogP contribution >= 0.6 is 34.8 Å². The average Bonchev–Trinajstić information content (AvgIpc) is 2.94. The summed E-state index contributed by atoms with van der Waals surface area (Å²) in [7, 11) is -2.90. The van der Waals surface area contributed by atoms with Crippen LogP contribution in [0.2, 0.25) is 15.1 Å². The standard InChI is InChI=1S/C29H32Cl3N3O5S/c1-19(2)16-33-29(37)20(3)34(17-21-10-11-22(30)14-25(21)32)28(36)18-35(26-15-23(31)12-13-27(26)40-4)41(38,39)24-8-6-5-7-9-24/h5-15,19-20H,16-18H2,1-4H3,(H,33,37)/t20-/m1/s1. The molecule has 1 atom stereocenters. The number of rotatable bonds is 12. The lowest BCUT2D eigenvalue weighted by Crippen LogP contribution is -2.51. The van der Waals surface area contributed by atoms with Crippen molar-refractivity contribution in [2.45, 2.75) is 38.3 Å². The minimum Gasteiger partial charge on any atom is -0.495 e. The van der Waals surface area contributed by atoms with Gasteiger partial charge in [-0.1, -0.05) is 72.9 Å². The van der Waals surface area contributed by atoms with Crippen molar-refractivity contribution in [3.8, 4) is 5.75 Å². The predicted molar refractivity (Wildman–Crippen MR) is 163 cm³/mol. The van der Waals surface area contributed by atoms with Crippen LogP contribution in [0.3, 0.4) is 0 Å². The molecule has 8 nitrogen and oxygen atoms in total. The zero-order chi connectivity index (χ0) is 30.3. The molecule has 0 spiro atoms. The number of nitrogens with zero attached hydrogens (tertiary/aromatic N) is 2. The largest absolute Gasteiger partial charge is 0.495 e. The molecule has 220 valence electrons. The van der Waals surface area contributed by atoms with Gasteiger partial charge in [-0.05, 0) is 60.9 Å². The van der Waals surface area contributed by atoms with E-state index < -0.39 is 34.4 Å². The third-order valence-electron chi connectivity index (χ3n) is 6.23. The van der Waals surface area contributed by atoms with Gasteiger partial charge in [0, 0.05) is 28.2 Å². The summed E-state index contributed by atoms with van der Waals surface area (Å²) < 4.78 is 34.3. The zero-order valence-electron chi connectivity index (χ0n) is 23.1. The number of hydrogen-bond donors (Lipinski definition) is 1. The molecule has 12 heteroatoms. The molecule has 0 aliphatic rings. The van der Waals surface area contributed by atoms with Crippen LogP contribution in [0, 0.1) is 5.92 Å². The van der Waals surface area contributed by atoms with Gasteiger partial charge < -0.3 is 15.0 Å². The van der Waals surface area contributed by atoms with Gasteiger partial charge >= 0.3 is 0 Å². The number of methoxy groups -OCH3 is 1. The number of benzene rings is 3. The van der Waals surface area contributed by atoms with Gasteiger partial charge in [0.2, 0.25) is 11.8 Å². The molecule has 41 heavy (non-hydrogen) atoms. The highest BCUT2D eigenvalue weighted by Gasteiger charge is 2.34. The topological polar surface area (TPSA) is 96.0 Å². The maximum Gasteiger partial charge on any atom is 0.264 e. The number of anilines is 1. The fraction of sp³-hybridized carbons (Fsp3) is 0.310. The summed E-state index contributed by atoms with van der Waals surface area (Å²) >= 11 is 18.7. The van der Waals surface area contributed by atoms with Crippen molar-refractivity contribution in [1.29, 1.82) is 0 Å². The highest BCUT2D eigenvalue weighted by atomic mass is 35.5. The number of nitrogens with one attached hydrogen (secondary N) is 1. The molecule has 0 radical (unpaired) electrons. The summed E-state index contributed by atoms with van der Waals surface area (Å²) in [4.78, 5) is 28.4. The maximum atomic E-state index is 14.1. The number of hydrogen-bond acceptors (Lipinski definition) is 5. The second-order valence-corrected chi connectivity index (χ2v) is 12.9. The first-order valence-electron chi connectivity index (χ1n) is 12.8. The number of halogens is 3. The van der Waals surface area contributed by atoms with Crippen LogP contribution in [0.25, 0.3) is 0 Å². The molecule has 0 aliphatic carbocycles. The van der Waals surface area contributed by atoms with Crippen molar-refractivity contribution in [2.75, 3.05) is 24.5 Å². The summed E-state index contributed by atoms with van der Waals surface area (Å²) in [5, 5.41) is 3.79. The summed E-state index contributed by atoms with van der Waals surface area (Å²) in [6.07, 6.45) is 0. The van der Waals surface area contributed by atoms with Gasteiger partial charge in [0.1, 0.15) is 18.3 Å². The number of sulfonamides is 1. The minimum atomic E-state index is -4.28. The van der Waals surface area contributed by atoms with E-state index in [1.807, 2.05) is 13.8 Å². The van der Waals surface area contributed by atoms with Gasteiger partial charge in [0.05, 0.1) is 17.7 Å². The van der Waals surface area contributed by atoms with Crippen LogP contribution in [0.4, 0.5) is 5.69 Å². The van der Waals surface area contributed by atoms with E-state index in [2.05, 4.69) is 5.32 Å². The van der Waals surface area contributed by atoms with Gasteiger partial charge in [-0.2, -0.15) is 0 Å². The van der Waals surface area contributed by atoms with Crippen molar-refractivity contribution in [1.82, 2.24) is 10.2 Å². The van der Waals surface area contributed by atoms with Gasteiger partial charge in [0.25, 0.3) is 10.0 Å². The summed E-state index contributed by atoms with van der Waals surface area (Å²) in [5.41, 5.74) is 0.601. The Morgan fingerprint density at radius 2 is 1.56 bits per heavy atom. The summed E-state index contributed by atoms with van der Waals surface area (Å²) in [6, 6.07) is 16.0. The van der Waals surface area contributed by atoms with Gasteiger partial charge in [0.15, 0.2) is 0 Å². The molecular formula is C29H32Cl3N3O5S. The smallest absolute Gasteiger partial charge is 0.264 e. The molecule has 0 bridgehead atoms. The Kier molecular flexibility index (Phi) is 11.3. The first kappa shape index (κ1) is 32.5. The van der Waals surface area contributed by atoms with Crippen molar-refractivity contribution in [2.24, 2.45) is 5.92 Å². The van der Waals surface area contributed by atoms with E-state index >= 15 is 0 Å². The Bertz CT molecular complexity index is 1490. The van der Waals surface area contributed by atoms with Gasteiger partial charge in [-0.15, -0.1) is 0 Å². The molecule has 0 aromatic heterocycles. The fourth-order valence-electron chi connectivity index (χ4n) is 3.96. The molecule has 2 amide bonds. The van der Waals surface area contributed by atoms with E-state index in [9.17, 15) is 18.0 Å². The molecule has 0 aliphatic heterocycles. The maximum absolute atomic E-state index is 14.1. The molecule has 1 N–H and O–H groups in total. The number of carbonyl (C=O) groups is 2. The van der Waals surface area contributed by atoms with Crippen LogP contribution in [-0.4, -0.2) is 51.4 Å². The molecule has 0 fully saturated rings. The Balaban J connectivity index is 2.09. The van der Waals surface area contributed by atoms with Gasteiger partial charge in [-0.25, -0.2) is 8.42 Å².